The number of halogens is 6. The fourth-order valence-corrected chi connectivity index (χ4v) is 2.77. The van der Waals surface area contributed by atoms with E-state index in [0.717, 1.165) is 0 Å². The number of alkyl halides is 6. The molecule has 30 heavy (non-hydrogen) atoms. The van der Waals surface area contributed by atoms with E-state index >= 15 is 0 Å². The van der Waals surface area contributed by atoms with Crippen LogP contribution in [0.3, 0.4) is 0 Å². The fraction of sp³-hybridized carbons (Fsp3) is 0.500. The molecule has 0 amide bonds. The first-order chi connectivity index (χ1) is 13.8. The van der Waals surface area contributed by atoms with Gasteiger partial charge in [-0.3, -0.25) is 10.2 Å². The number of ether oxygens (including phenoxy) is 1. The number of rotatable bonds is 7. The number of H-pyrrole nitrogens is 2. The summed E-state index contributed by atoms with van der Waals surface area (Å²) in [4.78, 5) is 21.6. The number of esters is 1. The smallest absolute Gasteiger partial charge is 0.398 e. The first kappa shape index (κ1) is 25.5. The summed E-state index contributed by atoms with van der Waals surface area (Å²) in [6.45, 7) is 1.70. The number of aromatic amines is 2. The van der Waals surface area contributed by atoms with Gasteiger partial charge in [0.05, 0.1) is 18.1 Å². The van der Waals surface area contributed by atoms with Crippen molar-refractivity contribution in [2.75, 3.05) is 18.1 Å². The van der Waals surface area contributed by atoms with E-state index in [1.807, 2.05) is 0 Å². The van der Waals surface area contributed by atoms with E-state index in [1.54, 1.807) is 6.92 Å². The molecule has 0 saturated heterocycles. The Morgan fingerprint density at radius 2 is 1.37 bits per heavy atom. The molecule has 0 spiro atoms. The minimum Gasteiger partial charge on any atom is -0.476 e. The van der Waals surface area contributed by atoms with Gasteiger partial charge in [0.2, 0.25) is 11.4 Å². The number of aromatic carboxylic acids is 1. The molecular formula is C12H12F6N6O4S2. The molecular weight excluding hydrogens is 470 g/mol. The van der Waals surface area contributed by atoms with Crippen LogP contribution in [0.1, 0.15) is 27.9 Å². The van der Waals surface area contributed by atoms with Crippen LogP contribution in [0.4, 0.5) is 26.3 Å². The molecule has 0 aliphatic heterocycles. The van der Waals surface area contributed by atoms with Gasteiger partial charge in [0.25, 0.3) is 0 Å². The number of hydrogen-bond acceptors (Lipinski definition) is 9. The Morgan fingerprint density at radius 3 is 1.77 bits per heavy atom. The van der Waals surface area contributed by atoms with Crippen LogP contribution in [0.2, 0.25) is 0 Å². The van der Waals surface area contributed by atoms with E-state index < -0.39 is 41.5 Å². The highest BCUT2D eigenvalue weighted by Gasteiger charge is 2.30. The second-order valence-electron chi connectivity index (χ2n) is 4.81. The predicted octanol–water partition coefficient (Wildman–Crippen LogP) is 2.79. The van der Waals surface area contributed by atoms with E-state index in [-0.39, 0.29) is 22.4 Å². The molecule has 2 aromatic rings. The van der Waals surface area contributed by atoms with Gasteiger partial charge >= 0.3 is 24.3 Å². The lowest BCUT2D eigenvalue weighted by molar-refractivity contribution is -0.106. The van der Waals surface area contributed by atoms with Crippen molar-refractivity contribution in [1.29, 1.82) is 0 Å². The summed E-state index contributed by atoms with van der Waals surface area (Å²) < 4.78 is 75.7. The van der Waals surface area contributed by atoms with Crippen LogP contribution in [0.15, 0.2) is 10.1 Å². The topological polar surface area (TPSA) is 147 Å². The van der Waals surface area contributed by atoms with Gasteiger partial charge in [-0.15, -0.1) is 10.2 Å². The van der Waals surface area contributed by atoms with Gasteiger partial charge in [0, 0.05) is 0 Å². The highest BCUT2D eigenvalue weighted by Crippen LogP contribution is 2.28. The van der Waals surface area contributed by atoms with Crippen LogP contribution in [0.25, 0.3) is 0 Å². The van der Waals surface area contributed by atoms with Crippen molar-refractivity contribution in [3.63, 3.8) is 0 Å². The first-order valence-electron chi connectivity index (χ1n) is 7.45. The minimum atomic E-state index is -4.36. The maximum atomic E-state index is 11.9. The molecule has 0 atom stereocenters. The third-order valence-corrected chi connectivity index (χ3v) is 4.55. The molecule has 2 heterocycles. The molecule has 3 N–H and O–H groups in total. The van der Waals surface area contributed by atoms with Gasteiger partial charge in [-0.25, -0.2) is 9.59 Å². The number of aromatic nitrogens is 6. The molecule has 0 aliphatic carbocycles. The number of nitrogens with zero attached hydrogens (tertiary/aromatic N) is 4. The van der Waals surface area contributed by atoms with Crippen molar-refractivity contribution in [1.82, 2.24) is 30.8 Å². The van der Waals surface area contributed by atoms with E-state index in [2.05, 4.69) is 35.6 Å². The van der Waals surface area contributed by atoms with E-state index in [0.29, 0.717) is 23.5 Å². The molecule has 168 valence electrons. The highest BCUT2D eigenvalue weighted by atomic mass is 32.2. The molecule has 0 radical (unpaired) electrons. The third kappa shape index (κ3) is 9.33. The average molecular weight is 482 g/mol. The second kappa shape index (κ2) is 11.0. The van der Waals surface area contributed by atoms with Crippen LogP contribution in [0.5, 0.6) is 0 Å². The van der Waals surface area contributed by atoms with Crippen molar-refractivity contribution in [2.24, 2.45) is 0 Å². The molecule has 0 aromatic carbocycles. The minimum absolute atomic E-state index is 0.0456. The van der Waals surface area contributed by atoms with Crippen LogP contribution in [-0.2, 0) is 4.74 Å². The summed E-state index contributed by atoms with van der Waals surface area (Å²) in [7, 11) is 0. The standard InChI is InChI=1S/C7H8F3N3O2S.C5H4F3N3O2S/c1-2-15-6(14)4-5(12-13-11-4)16-3-7(8,9)10;6-5(7,8)1-14-3-2(4(12)13)9-11-10-3/h2-3H2,1H3,(H,11,12,13);1H2,(H,12,13)(H,9,10,11). The largest absolute Gasteiger partial charge is 0.476 e. The molecule has 0 bridgehead atoms. The second-order valence-corrected chi connectivity index (χ2v) is 6.78. The van der Waals surface area contributed by atoms with Gasteiger partial charge < -0.3 is 9.84 Å². The van der Waals surface area contributed by atoms with Crippen LogP contribution >= 0.6 is 23.5 Å². The van der Waals surface area contributed by atoms with Crippen LogP contribution in [0, 0.1) is 0 Å². The lowest BCUT2D eigenvalue weighted by Crippen LogP contribution is -2.12. The summed E-state index contributed by atoms with van der Waals surface area (Å²) in [5, 5.41) is 25.4. The zero-order chi connectivity index (χ0) is 22.9. The van der Waals surface area contributed by atoms with Crippen molar-refractivity contribution in [3.8, 4) is 0 Å². The molecule has 0 fully saturated rings. The molecule has 0 unspecified atom stereocenters. The molecule has 0 saturated carbocycles. The van der Waals surface area contributed by atoms with Crippen LogP contribution < -0.4 is 0 Å². The zero-order valence-electron chi connectivity index (χ0n) is 14.7. The molecule has 10 nitrogen and oxygen atoms in total. The number of carbonyl (C=O) groups excluding carboxylic acids is 1. The summed E-state index contributed by atoms with van der Waals surface area (Å²) in [5.74, 6) is -4.51. The molecule has 18 heteroatoms. The zero-order valence-corrected chi connectivity index (χ0v) is 16.3. The number of carboxylic acid groups (broad SMARTS) is 1. The Kier molecular flexibility index (Phi) is 9.40. The monoisotopic (exact) mass is 482 g/mol. The van der Waals surface area contributed by atoms with Crippen molar-refractivity contribution < 1.29 is 45.8 Å². The van der Waals surface area contributed by atoms with Crippen molar-refractivity contribution in [2.45, 2.75) is 29.3 Å². The Morgan fingerprint density at radius 1 is 0.933 bits per heavy atom. The summed E-state index contributed by atoms with van der Waals surface area (Å²) in [5.41, 5.74) is -0.727. The lowest BCUT2D eigenvalue weighted by Gasteiger charge is -2.04. The van der Waals surface area contributed by atoms with Crippen molar-refractivity contribution >= 4 is 35.5 Å². The maximum absolute atomic E-state index is 11.9. The third-order valence-electron chi connectivity index (χ3n) is 2.46. The van der Waals surface area contributed by atoms with Gasteiger partial charge in [-0.05, 0) is 6.92 Å². The van der Waals surface area contributed by atoms with Gasteiger partial charge in [0.15, 0.2) is 0 Å². The first-order valence-corrected chi connectivity index (χ1v) is 9.42. The normalized spacial score (nSPS) is 11.6. The summed E-state index contributed by atoms with van der Waals surface area (Å²) in [6, 6.07) is 0. The molecule has 2 aromatic heterocycles. The molecule has 2 rings (SSSR count). The van der Waals surface area contributed by atoms with Crippen molar-refractivity contribution in [3.05, 3.63) is 11.4 Å². The summed E-state index contributed by atoms with van der Waals surface area (Å²) >= 11 is 0.711. The Bertz CT molecular complexity index is 840. The number of hydrogen-bond donors (Lipinski definition) is 3. The highest BCUT2D eigenvalue weighted by molar-refractivity contribution is 7.99. The van der Waals surface area contributed by atoms with Gasteiger partial charge in [-0.1, -0.05) is 34.0 Å². The van der Waals surface area contributed by atoms with Gasteiger partial charge in [0.1, 0.15) is 10.1 Å². The Hall–Kier alpha value is -2.50. The Labute approximate surface area is 171 Å². The average Bonchev–Trinajstić information content (AvgIpc) is 3.27. The summed E-state index contributed by atoms with van der Waals surface area (Å²) in [6.07, 6.45) is -8.67. The maximum Gasteiger partial charge on any atom is 0.398 e. The van der Waals surface area contributed by atoms with E-state index in [4.69, 9.17) is 5.11 Å². The van der Waals surface area contributed by atoms with E-state index in [9.17, 15) is 35.9 Å². The van der Waals surface area contributed by atoms with Gasteiger partial charge in [-0.2, -0.15) is 26.3 Å². The lowest BCUT2D eigenvalue weighted by atomic mass is 10.5. The number of thioether (sulfide) groups is 2. The van der Waals surface area contributed by atoms with Crippen LogP contribution in [-0.4, -0.2) is 78.3 Å². The predicted molar refractivity (Wildman–Crippen MR) is 89.2 cm³/mol. The quantitative estimate of drug-likeness (QED) is 0.306. The fourth-order valence-electron chi connectivity index (χ4n) is 1.42. The number of carbonyl (C=O) groups is 2. The SMILES string of the molecule is CCOC(=O)c1nn[nH]c1SCC(F)(F)F.O=C(O)c1nn[nH]c1SCC(F)(F)F. The number of nitrogens with one attached hydrogen (secondary N) is 2. The number of carboxylic acids is 1. The van der Waals surface area contributed by atoms with E-state index in [1.165, 1.54) is 0 Å². The molecule has 0 aliphatic rings. The Balaban J connectivity index is 0.000000303.